The number of amides is 1. The largest absolute Gasteiger partial charge is 0.398 e. The Morgan fingerprint density at radius 1 is 1.37 bits per heavy atom. The van der Waals surface area contributed by atoms with Gasteiger partial charge in [-0.3, -0.25) is 4.79 Å². The molecule has 19 heavy (non-hydrogen) atoms. The fourth-order valence-corrected chi connectivity index (χ4v) is 2.99. The molecule has 1 aliphatic carbocycles. The van der Waals surface area contributed by atoms with Gasteiger partial charge in [0.1, 0.15) is 0 Å². The van der Waals surface area contributed by atoms with E-state index in [0.29, 0.717) is 17.2 Å². The second-order valence-corrected chi connectivity index (χ2v) is 6.19. The molecule has 0 bridgehead atoms. The summed E-state index contributed by atoms with van der Waals surface area (Å²) in [5.74, 6) is 0.521. The molecule has 1 aromatic carbocycles. The Bertz CT molecular complexity index is 502. The van der Waals surface area contributed by atoms with E-state index < -0.39 is 0 Å². The molecule has 2 aliphatic rings. The van der Waals surface area contributed by atoms with Gasteiger partial charge in [-0.1, -0.05) is 15.9 Å². The highest BCUT2D eigenvalue weighted by Crippen LogP contribution is 2.38. The minimum atomic E-state index is -0.111. The molecule has 1 heterocycles. The molecule has 2 fully saturated rings. The maximum Gasteiger partial charge on any atom is 0.253 e. The third-order valence-corrected chi connectivity index (χ3v) is 4.29. The average Bonchev–Trinajstić information content (AvgIpc) is 3.13. The SMILES string of the molecule is Nc1ccc(Br)cc1C(=O)NC1CCOC1C1CC1. The summed E-state index contributed by atoms with van der Waals surface area (Å²) in [7, 11) is 0. The van der Waals surface area contributed by atoms with Crippen molar-refractivity contribution in [2.45, 2.75) is 31.4 Å². The van der Waals surface area contributed by atoms with Crippen LogP contribution in [-0.2, 0) is 4.74 Å². The predicted octanol–water partition coefficient (Wildman–Crippen LogP) is 2.33. The van der Waals surface area contributed by atoms with Crippen LogP contribution in [0, 0.1) is 5.92 Å². The van der Waals surface area contributed by atoms with E-state index in [1.54, 1.807) is 12.1 Å². The number of halogens is 1. The van der Waals surface area contributed by atoms with Gasteiger partial charge in [0, 0.05) is 16.8 Å². The minimum absolute atomic E-state index is 0.111. The fraction of sp³-hybridized carbons (Fsp3) is 0.500. The van der Waals surface area contributed by atoms with E-state index in [1.807, 2.05) is 6.07 Å². The van der Waals surface area contributed by atoms with Gasteiger partial charge in [0.2, 0.25) is 0 Å². The van der Waals surface area contributed by atoms with Gasteiger partial charge in [-0.2, -0.15) is 0 Å². The van der Waals surface area contributed by atoms with Crippen LogP contribution in [0.3, 0.4) is 0 Å². The first-order chi connectivity index (χ1) is 9.15. The summed E-state index contributed by atoms with van der Waals surface area (Å²) in [6.45, 7) is 0.736. The van der Waals surface area contributed by atoms with Gasteiger partial charge in [0.15, 0.2) is 0 Å². The van der Waals surface area contributed by atoms with E-state index in [1.165, 1.54) is 12.8 Å². The minimum Gasteiger partial charge on any atom is -0.398 e. The Labute approximate surface area is 120 Å². The normalized spacial score (nSPS) is 26.4. The van der Waals surface area contributed by atoms with Crippen LogP contribution in [0.1, 0.15) is 29.6 Å². The number of hydrogen-bond acceptors (Lipinski definition) is 3. The molecular weight excluding hydrogens is 308 g/mol. The molecule has 1 saturated carbocycles. The molecule has 2 unspecified atom stereocenters. The van der Waals surface area contributed by atoms with Crippen molar-refractivity contribution in [3.63, 3.8) is 0 Å². The second kappa shape index (κ2) is 5.13. The van der Waals surface area contributed by atoms with Crippen LogP contribution in [0.25, 0.3) is 0 Å². The van der Waals surface area contributed by atoms with Gasteiger partial charge >= 0.3 is 0 Å². The van der Waals surface area contributed by atoms with E-state index in [-0.39, 0.29) is 18.1 Å². The van der Waals surface area contributed by atoms with Crippen molar-refractivity contribution >= 4 is 27.5 Å². The molecule has 0 radical (unpaired) electrons. The van der Waals surface area contributed by atoms with E-state index in [2.05, 4.69) is 21.2 Å². The molecule has 2 atom stereocenters. The summed E-state index contributed by atoms with van der Waals surface area (Å²) in [6, 6.07) is 5.45. The van der Waals surface area contributed by atoms with Crippen molar-refractivity contribution in [1.82, 2.24) is 5.32 Å². The van der Waals surface area contributed by atoms with Crippen LogP contribution in [-0.4, -0.2) is 24.7 Å². The number of nitrogens with one attached hydrogen (secondary N) is 1. The van der Waals surface area contributed by atoms with Gasteiger partial charge in [0.05, 0.1) is 17.7 Å². The Balaban J connectivity index is 1.72. The Kier molecular flexibility index (Phi) is 3.50. The van der Waals surface area contributed by atoms with Crippen molar-refractivity contribution in [2.24, 2.45) is 5.92 Å². The quantitative estimate of drug-likeness (QED) is 0.839. The summed E-state index contributed by atoms with van der Waals surface area (Å²) in [5, 5.41) is 3.07. The maximum absolute atomic E-state index is 12.3. The number of hydrogen-bond donors (Lipinski definition) is 2. The maximum atomic E-state index is 12.3. The molecule has 4 nitrogen and oxygen atoms in total. The topological polar surface area (TPSA) is 64.4 Å². The molecule has 1 aliphatic heterocycles. The molecule has 0 aromatic heterocycles. The number of carbonyl (C=O) groups excluding carboxylic acids is 1. The van der Waals surface area contributed by atoms with Gasteiger partial charge in [-0.15, -0.1) is 0 Å². The summed E-state index contributed by atoms with van der Waals surface area (Å²) in [5.41, 5.74) is 6.88. The summed E-state index contributed by atoms with van der Waals surface area (Å²) >= 11 is 3.36. The van der Waals surface area contributed by atoms with E-state index >= 15 is 0 Å². The first-order valence-corrected chi connectivity index (χ1v) is 7.42. The molecule has 1 aromatic rings. The second-order valence-electron chi connectivity index (χ2n) is 5.27. The number of benzene rings is 1. The molecule has 102 valence electrons. The number of rotatable bonds is 3. The van der Waals surface area contributed by atoms with Crippen molar-refractivity contribution in [1.29, 1.82) is 0 Å². The van der Waals surface area contributed by atoms with Crippen LogP contribution in [0.15, 0.2) is 22.7 Å². The standard InChI is InChI=1S/C14H17BrN2O2/c15-9-3-4-11(16)10(7-9)14(18)17-12-5-6-19-13(12)8-1-2-8/h3-4,7-8,12-13H,1-2,5-6,16H2,(H,17,18). The van der Waals surface area contributed by atoms with Crippen molar-refractivity contribution < 1.29 is 9.53 Å². The van der Waals surface area contributed by atoms with Crippen LogP contribution in [0.5, 0.6) is 0 Å². The lowest BCUT2D eigenvalue weighted by atomic mass is 10.1. The van der Waals surface area contributed by atoms with E-state index in [4.69, 9.17) is 10.5 Å². The Morgan fingerprint density at radius 2 is 2.16 bits per heavy atom. The first kappa shape index (κ1) is 12.9. The Hall–Kier alpha value is -1.07. The zero-order chi connectivity index (χ0) is 13.4. The molecule has 0 spiro atoms. The number of ether oxygens (including phenoxy) is 1. The summed E-state index contributed by atoms with van der Waals surface area (Å²) < 4.78 is 6.58. The molecule has 1 amide bonds. The molecule has 5 heteroatoms. The van der Waals surface area contributed by atoms with E-state index in [9.17, 15) is 4.79 Å². The highest BCUT2D eigenvalue weighted by molar-refractivity contribution is 9.10. The molecule has 1 saturated heterocycles. The van der Waals surface area contributed by atoms with Gasteiger partial charge in [0.25, 0.3) is 5.91 Å². The molecule has 3 rings (SSSR count). The summed E-state index contributed by atoms with van der Waals surface area (Å²) in [6.07, 6.45) is 3.52. The van der Waals surface area contributed by atoms with Crippen molar-refractivity contribution in [3.8, 4) is 0 Å². The third-order valence-electron chi connectivity index (χ3n) is 3.80. The lowest BCUT2D eigenvalue weighted by molar-refractivity contribution is 0.0730. The number of carbonyl (C=O) groups is 1. The van der Waals surface area contributed by atoms with Crippen molar-refractivity contribution in [3.05, 3.63) is 28.2 Å². The van der Waals surface area contributed by atoms with Gasteiger partial charge in [-0.05, 0) is 43.4 Å². The van der Waals surface area contributed by atoms with Gasteiger partial charge in [-0.25, -0.2) is 0 Å². The smallest absolute Gasteiger partial charge is 0.253 e. The number of anilines is 1. The first-order valence-electron chi connectivity index (χ1n) is 6.62. The zero-order valence-corrected chi connectivity index (χ0v) is 12.2. The van der Waals surface area contributed by atoms with Crippen LogP contribution in [0.2, 0.25) is 0 Å². The molecule has 3 N–H and O–H groups in total. The summed E-state index contributed by atoms with van der Waals surface area (Å²) in [4.78, 5) is 12.3. The van der Waals surface area contributed by atoms with E-state index in [0.717, 1.165) is 17.5 Å². The monoisotopic (exact) mass is 324 g/mol. The van der Waals surface area contributed by atoms with Crippen LogP contribution < -0.4 is 11.1 Å². The van der Waals surface area contributed by atoms with Crippen molar-refractivity contribution in [2.75, 3.05) is 12.3 Å². The Morgan fingerprint density at radius 3 is 2.89 bits per heavy atom. The number of nitrogen functional groups attached to an aromatic ring is 1. The van der Waals surface area contributed by atoms with Crippen LogP contribution >= 0.6 is 15.9 Å². The highest BCUT2D eigenvalue weighted by Gasteiger charge is 2.41. The van der Waals surface area contributed by atoms with Crippen LogP contribution in [0.4, 0.5) is 5.69 Å². The third kappa shape index (κ3) is 2.77. The lowest BCUT2D eigenvalue weighted by Crippen LogP contribution is -2.41. The fourth-order valence-electron chi connectivity index (χ4n) is 2.63. The number of nitrogens with two attached hydrogens (primary N) is 1. The lowest BCUT2D eigenvalue weighted by Gasteiger charge is -2.20. The predicted molar refractivity (Wildman–Crippen MR) is 76.9 cm³/mol. The highest BCUT2D eigenvalue weighted by atomic mass is 79.9. The zero-order valence-electron chi connectivity index (χ0n) is 10.6. The average molecular weight is 325 g/mol. The van der Waals surface area contributed by atoms with Gasteiger partial charge < -0.3 is 15.8 Å². The molecular formula is C14H17BrN2O2.